The van der Waals surface area contributed by atoms with E-state index < -0.39 is 0 Å². The first-order chi connectivity index (χ1) is 10.6. The zero-order valence-electron chi connectivity index (χ0n) is 13.3. The van der Waals surface area contributed by atoms with Gasteiger partial charge in [0.2, 0.25) is 5.91 Å². The molecule has 1 fully saturated rings. The van der Waals surface area contributed by atoms with Crippen LogP contribution >= 0.6 is 0 Å². The lowest BCUT2D eigenvalue weighted by atomic mass is 10.1. The summed E-state index contributed by atoms with van der Waals surface area (Å²) in [6.45, 7) is 5.56. The van der Waals surface area contributed by atoms with E-state index in [0.717, 1.165) is 31.7 Å². The second-order valence-electron chi connectivity index (χ2n) is 5.82. The number of carbonyl (C=O) groups excluding carboxylic acids is 2. The quantitative estimate of drug-likeness (QED) is 0.907. The summed E-state index contributed by atoms with van der Waals surface area (Å²) in [5.74, 6) is 0.491. The van der Waals surface area contributed by atoms with Crippen LogP contribution in [0.1, 0.15) is 43.5 Å². The van der Waals surface area contributed by atoms with Gasteiger partial charge in [-0.15, -0.1) is 0 Å². The lowest BCUT2D eigenvalue weighted by molar-refractivity contribution is -0.130. The smallest absolute Gasteiger partial charge is 0.251 e. The third kappa shape index (κ3) is 4.76. The van der Waals surface area contributed by atoms with Crippen LogP contribution in [0.5, 0.6) is 5.75 Å². The van der Waals surface area contributed by atoms with Gasteiger partial charge in [-0.3, -0.25) is 9.59 Å². The summed E-state index contributed by atoms with van der Waals surface area (Å²) in [7, 11) is 0. The molecule has 120 valence electrons. The average Bonchev–Trinajstić information content (AvgIpc) is 2.53. The van der Waals surface area contributed by atoms with Gasteiger partial charge in [0.15, 0.2) is 0 Å². The number of likely N-dealkylation sites (tertiary alicyclic amines) is 1. The van der Waals surface area contributed by atoms with Crippen LogP contribution in [-0.4, -0.2) is 42.5 Å². The Kier molecular flexibility index (Phi) is 5.81. The van der Waals surface area contributed by atoms with Crippen LogP contribution < -0.4 is 10.1 Å². The second kappa shape index (κ2) is 7.82. The van der Waals surface area contributed by atoms with E-state index in [1.165, 1.54) is 6.42 Å². The summed E-state index contributed by atoms with van der Waals surface area (Å²) in [5.41, 5.74) is 0.530. The maximum Gasteiger partial charge on any atom is 0.251 e. The zero-order valence-corrected chi connectivity index (χ0v) is 13.3. The van der Waals surface area contributed by atoms with Crippen LogP contribution in [0.25, 0.3) is 0 Å². The van der Waals surface area contributed by atoms with Gasteiger partial charge in [0.1, 0.15) is 5.75 Å². The molecule has 2 rings (SSSR count). The summed E-state index contributed by atoms with van der Waals surface area (Å²) >= 11 is 0. The lowest BCUT2D eigenvalue weighted by Gasteiger charge is -2.26. The van der Waals surface area contributed by atoms with E-state index in [1.54, 1.807) is 24.3 Å². The molecule has 1 saturated heterocycles. The third-order valence-corrected chi connectivity index (χ3v) is 3.60. The Hall–Kier alpha value is -2.04. The van der Waals surface area contributed by atoms with Crippen molar-refractivity contribution in [2.45, 2.75) is 39.2 Å². The van der Waals surface area contributed by atoms with Gasteiger partial charge in [0.05, 0.1) is 12.6 Å². The third-order valence-electron chi connectivity index (χ3n) is 3.60. The van der Waals surface area contributed by atoms with Gasteiger partial charge in [0, 0.05) is 18.7 Å². The molecule has 0 saturated carbocycles. The number of hydrogen-bond donors (Lipinski definition) is 1. The van der Waals surface area contributed by atoms with Crippen LogP contribution in [0.15, 0.2) is 24.3 Å². The number of nitrogens with zero attached hydrogens (tertiary/aromatic N) is 1. The van der Waals surface area contributed by atoms with Gasteiger partial charge in [-0.1, -0.05) is 0 Å². The van der Waals surface area contributed by atoms with E-state index in [4.69, 9.17) is 4.74 Å². The Morgan fingerprint density at radius 3 is 2.36 bits per heavy atom. The average molecular weight is 304 g/mol. The molecular weight excluding hydrogens is 280 g/mol. The molecule has 0 aliphatic carbocycles. The monoisotopic (exact) mass is 304 g/mol. The number of ether oxygens (including phenoxy) is 1. The molecule has 1 heterocycles. The molecular formula is C17H24N2O3. The van der Waals surface area contributed by atoms with E-state index in [2.05, 4.69) is 5.32 Å². The highest BCUT2D eigenvalue weighted by atomic mass is 16.5. The van der Waals surface area contributed by atoms with Crippen molar-refractivity contribution in [3.05, 3.63) is 29.8 Å². The molecule has 1 aliphatic heterocycles. The molecule has 5 heteroatoms. The molecule has 0 radical (unpaired) electrons. The van der Waals surface area contributed by atoms with Crippen molar-refractivity contribution in [2.75, 3.05) is 19.6 Å². The fourth-order valence-corrected chi connectivity index (χ4v) is 2.47. The van der Waals surface area contributed by atoms with Crippen LogP contribution in [0.2, 0.25) is 0 Å². The van der Waals surface area contributed by atoms with E-state index in [9.17, 15) is 9.59 Å². The van der Waals surface area contributed by atoms with Gasteiger partial charge >= 0.3 is 0 Å². The minimum absolute atomic E-state index is 0.00666. The Balaban J connectivity index is 1.82. The highest BCUT2D eigenvalue weighted by Gasteiger charge is 2.17. The lowest BCUT2D eigenvalue weighted by Crippen LogP contribution is -2.42. The standard InChI is InChI=1S/C17H24N2O3/c1-13(2)22-15-8-6-14(7-9-15)17(21)18-12-16(20)19-10-4-3-5-11-19/h6-9,13H,3-5,10-12H2,1-2H3,(H,18,21). The van der Waals surface area contributed by atoms with Crippen molar-refractivity contribution in [3.63, 3.8) is 0 Å². The van der Waals surface area contributed by atoms with Crippen molar-refractivity contribution < 1.29 is 14.3 Å². The highest BCUT2D eigenvalue weighted by molar-refractivity contribution is 5.96. The molecule has 1 N–H and O–H groups in total. The minimum atomic E-state index is -0.235. The van der Waals surface area contributed by atoms with Crippen molar-refractivity contribution in [2.24, 2.45) is 0 Å². The van der Waals surface area contributed by atoms with Gasteiger partial charge in [0.25, 0.3) is 5.91 Å². The molecule has 0 atom stereocenters. The number of piperidine rings is 1. The predicted octanol–water partition coefficient (Wildman–Crippen LogP) is 2.22. The topological polar surface area (TPSA) is 58.6 Å². The number of rotatable bonds is 5. The number of benzene rings is 1. The molecule has 1 aromatic carbocycles. The van der Waals surface area contributed by atoms with E-state index in [1.807, 2.05) is 18.7 Å². The zero-order chi connectivity index (χ0) is 15.9. The van der Waals surface area contributed by atoms with Crippen LogP contribution in [0, 0.1) is 0 Å². The summed E-state index contributed by atoms with van der Waals surface area (Å²) in [5, 5.41) is 2.69. The van der Waals surface area contributed by atoms with Gasteiger partial charge < -0.3 is 15.0 Å². The summed E-state index contributed by atoms with van der Waals surface area (Å²) in [4.78, 5) is 25.9. The van der Waals surface area contributed by atoms with Crippen molar-refractivity contribution in [1.82, 2.24) is 10.2 Å². The fraction of sp³-hybridized carbons (Fsp3) is 0.529. The predicted molar refractivity (Wildman–Crippen MR) is 85.0 cm³/mol. The fourth-order valence-electron chi connectivity index (χ4n) is 2.47. The Labute approximate surface area is 131 Å². The molecule has 0 unspecified atom stereocenters. The minimum Gasteiger partial charge on any atom is -0.491 e. The van der Waals surface area contributed by atoms with Crippen LogP contribution in [0.3, 0.4) is 0 Å². The summed E-state index contributed by atoms with van der Waals surface area (Å²) in [6.07, 6.45) is 3.39. The Morgan fingerprint density at radius 2 is 1.77 bits per heavy atom. The van der Waals surface area contributed by atoms with E-state index >= 15 is 0 Å². The summed E-state index contributed by atoms with van der Waals surface area (Å²) in [6, 6.07) is 6.94. The largest absolute Gasteiger partial charge is 0.491 e. The highest BCUT2D eigenvalue weighted by Crippen LogP contribution is 2.14. The van der Waals surface area contributed by atoms with Crippen molar-refractivity contribution in [1.29, 1.82) is 0 Å². The number of hydrogen-bond acceptors (Lipinski definition) is 3. The molecule has 2 amide bonds. The van der Waals surface area contributed by atoms with Gasteiger partial charge in [-0.2, -0.15) is 0 Å². The first-order valence-corrected chi connectivity index (χ1v) is 7.89. The maximum atomic E-state index is 12.0. The molecule has 1 aliphatic rings. The van der Waals surface area contributed by atoms with Crippen molar-refractivity contribution in [3.8, 4) is 5.75 Å². The Morgan fingerprint density at radius 1 is 1.14 bits per heavy atom. The van der Waals surface area contributed by atoms with Gasteiger partial charge in [-0.25, -0.2) is 0 Å². The molecule has 5 nitrogen and oxygen atoms in total. The van der Waals surface area contributed by atoms with Crippen molar-refractivity contribution >= 4 is 11.8 Å². The van der Waals surface area contributed by atoms with Crippen LogP contribution in [-0.2, 0) is 4.79 Å². The molecule has 0 spiro atoms. The van der Waals surface area contributed by atoms with Gasteiger partial charge in [-0.05, 0) is 57.4 Å². The Bertz CT molecular complexity index is 505. The van der Waals surface area contributed by atoms with E-state index in [0.29, 0.717) is 5.56 Å². The van der Waals surface area contributed by atoms with E-state index in [-0.39, 0.29) is 24.5 Å². The molecule has 1 aromatic rings. The SMILES string of the molecule is CC(C)Oc1ccc(C(=O)NCC(=O)N2CCCCC2)cc1. The summed E-state index contributed by atoms with van der Waals surface area (Å²) < 4.78 is 5.53. The first-order valence-electron chi connectivity index (χ1n) is 7.89. The maximum absolute atomic E-state index is 12.0. The molecule has 0 aromatic heterocycles. The number of amides is 2. The number of nitrogens with one attached hydrogen (secondary N) is 1. The normalized spacial score (nSPS) is 14.8. The molecule has 0 bridgehead atoms. The second-order valence-corrected chi connectivity index (χ2v) is 5.82. The molecule has 22 heavy (non-hydrogen) atoms. The van der Waals surface area contributed by atoms with Crippen LogP contribution in [0.4, 0.5) is 0 Å². The number of carbonyl (C=O) groups is 2. The first kappa shape index (κ1) is 16.3.